The number of hydrogen-bond donors (Lipinski definition) is 1. The van der Waals surface area contributed by atoms with Crippen molar-refractivity contribution in [1.29, 1.82) is 0 Å². The highest BCUT2D eigenvalue weighted by atomic mass is 79.9. The van der Waals surface area contributed by atoms with Crippen LogP contribution in [0.3, 0.4) is 0 Å². The maximum absolute atomic E-state index is 10.9. The fourth-order valence-corrected chi connectivity index (χ4v) is 2.27. The Labute approximate surface area is 104 Å². The standard InChI is InChI=1S/C10H7BrN2O2S/c11-7-5-12-8(13-9(7)10(14)15)4-6-2-1-3-16-6/h1-3,5H,4H2,(H,14,15). The molecule has 0 unspecified atom stereocenters. The number of aromatic carboxylic acids is 1. The highest BCUT2D eigenvalue weighted by Gasteiger charge is 2.12. The van der Waals surface area contributed by atoms with Gasteiger partial charge in [-0.25, -0.2) is 14.8 Å². The highest BCUT2D eigenvalue weighted by molar-refractivity contribution is 9.10. The van der Waals surface area contributed by atoms with Gasteiger partial charge >= 0.3 is 5.97 Å². The summed E-state index contributed by atoms with van der Waals surface area (Å²) in [5.41, 5.74) is 0.00144. The summed E-state index contributed by atoms with van der Waals surface area (Å²) in [4.78, 5) is 20.0. The van der Waals surface area contributed by atoms with Gasteiger partial charge in [-0.1, -0.05) is 6.07 Å². The Kier molecular flexibility index (Phi) is 3.31. The molecule has 1 N–H and O–H groups in total. The van der Waals surface area contributed by atoms with Crippen LogP contribution in [0.25, 0.3) is 0 Å². The molecule has 0 bridgehead atoms. The maximum Gasteiger partial charge on any atom is 0.355 e. The van der Waals surface area contributed by atoms with Gasteiger partial charge in [-0.15, -0.1) is 11.3 Å². The second kappa shape index (κ2) is 4.71. The minimum absolute atomic E-state index is 0.00144. The van der Waals surface area contributed by atoms with E-state index in [-0.39, 0.29) is 5.69 Å². The van der Waals surface area contributed by atoms with Gasteiger partial charge in [0.25, 0.3) is 0 Å². The molecule has 0 aliphatic carbocycles. The van der Waals surface area contributed by atoms with E-state index >= 15 is 0 Å². The summed E-state index contributed by atoms with van der Waals surface area (Å²) < 4.78 is 0.398. The first-order valence-corrected chi connectivity index (χ1v) is 6.11. The molecule has 0 saturated heterocycles. The van der Waals surface area contributed by atoms with Crippen LogP contribution in [0.4, 0.5) is 0 Å². The lowest BCUT2D eigenvalue weighted by atomic mass is 10.3. The van der Waals surface area contributed by atoms with Gasteiger partial charge in [-0.3, -0.25) is 0 Å². The number of rotatable bonds is 3. The first-order valence-electron chi connectivity index (χ1n) is 4.44. The van der Waals surface area contributed by atoms with Gasteiger partial charge in [0.2, 0.25) is 0 Å². The van der Waals surface area contributed by atoms with E-state index in [1.807, 2.05) is 17.5 Å². The number of halogens is 1. The van der Waals surface area contributed by atoms with Crippen molar-refractivity contribution in [3.05, 3.63) is 44.6 Å². The van der Waals surface area contributed by atoms with Crippen LogP contribution < -0.4 is 0 Å². The normalized spacial score (nSPS) is 10.3. The van der Waals surface area contributed by atoms with Gasteiger partial charge in [-0.2, -0.15) is 0 Å². The molecular formula is C10H7BrN2O2S. The third-order valence-corrected chi connectivity index (χ3v) is 3.37. The van der Waals surface area contributed by atoms with Crippen molar-refractivity contribution in [3.8, 4) is 0 Å². The molecule has 0 aromatic carbocycles. The largest absolute Gasteiger partial charge is 0.476 e. The number of carboxylic acids is 1. The summed E-state index contributed by atoms with van der Waals surface area (Å²) in [6.45, 7) is 0. The lowest BCUT2D eigenvalue weighted by molar-refractivity contribution is 0.0689. The Morgan fingerprint density at radius 2 is 2.38 bits per heavy atom. The predicted molar refractivity (Wildman–Crippen MR) is 63.8 cm³/mol. The monoisotopic (exact) mass is 298 g/mol. The average Bonchev–Trinajstić information content (AvgIpc) is 2.73. The van der Waals surface area contributed by atoms with E-state index in [1.165, 1.54) is 6.20 Å². The van der Waals surface area contributed by atoms with Crippen LogP contribution in [0.5, 0.6) is 0 Å². The van der Waals surface area contributed by atoms with Crippen LogP contribution in [-0.4, -0.2) is 21.0 Å². The van der Waals surface area contributed by atoms with Gasteiger partial charge in [-0.05, 0) is 27.4 Å². The van der Waals surface area contributed by atoms with Gasteiger partial charge in [0.1, 0.15) is 5.82 Å². The molecule has 0 atom stereocenters. The Balaban J connectivity index is 2.29. The van der Waals surface area contributed by atoms with Crippen molar-refractivity contribution in [1.82, 2.24) is 9.97 Å². The SMILES string of the molecule is O=C(O)c1nc(Cc2cccs2)ncc1Br. The van der Waals surface area contributed by atoms with Crippen LogP contribution in [-0.2, 0) is 6.42 Å². The second-order valence-electron chi connectivity index (χ2n) is 3.04. The molecule has 0 saturated carbocycles. The summed E-state index contributed by atoms with van der Waals surface area (Å²) >= 11 is 4.70. The number of aromatic nitrogens is 2. The summed E-state index contributed by atoms with van der Waals surface area (Å²) in [6.07, 6.45) is 2.03. The molecule has 6 heteroatoms. The number of nitrogens with zero attached hydrogens (tertiary/aromatic N) is 2. The van der Waals surface area contributed by atoms with Crippen molar-refractivity contribution in [3.63, 3.8) is 0 Å². The summed E-state index contributed by atoms with van der Waals surface area (Å²) in [6, 6.07) is 3.91. The van der Waals surface area contributed by atoms with E-state index in [1.54, 1.807) is 11.3 Å². The summed E-state index contributed by atoms with van der Waals surface area (Å²) in [5, 5.41) is 10.9. The zero-order chi connectivity index (χ0) is 11.5. The van der Waals surface area contributed by atoms with Gasteiger partial charge in [0.15, 0.2) is 5.69 Å². The summed E-state index contributed by atoms with van der Waals surface area (Å²) in [7, 11) is 0. The smallest absolute Gasteiger partial charge is 0.355 e. The molecule has 0 spiro atoms. The second-order valence-corrected chi connectivity index (χ2v) is 4.93. The Hall–Kier alpha value is -1.27. The van der Waals surface area contributed by atoms with Crippen LogP contribution in [0, 0.1) is 0 Å². The molecule has 0 aliphatic rings. The van der Waals surface area contributed by atoms with Crippen LogP contribution >= 0.6 is 27.3 Å². The van der Waals surface area contributed by atoms with Crippen molar-refractivity contribution in [2.24, 2.45) is 0 Å². The number of carboxylic acid groups (broad SMARTS) is 1. The minimum atomic E-state index is -1.05. The van der Waals surface area contributed by atoms with Gasteiger partial charge in [0.05, 0.1) is 4.47 Å². The van der Waals surface area contributed by atoms with Crippen molar-refractivity contribution < 1.29 is 9.90 Å². The molecule has 2 heterocycles. The molecule has 0 radical (unpaired) electrons. The number of thiophene rings is 1. The molecule has 0 fully saturated rings. The lowest BCUT2D eigenvalue weighted by Gasteiger charge is -2.01. The minimum Gasteiger partial charge on any atom is -0.476 e. The topological polar surface area (TPSA) is 63.1 Å². The molecule has 82 valence electrons. The number of carbonyl (C=O) groups is 1. The van der Waals surface area contributed by atoms with E-state index in [0.29, 0.717) is 16.7 Å². The molecule has 0 aliphatic heterocycles. The third kappa shape index (κ3) is 2.45. The molecule has 4 nitrogen and oxygen atoms in total. The Morgan fingerprint density at radius 3 is 3.00 bits per heavy atom. The van der Waals surface area contributed by atoms with Crippen LogP contribution in [0.2, 0.25) is 0 Å². The Morgan fingerprint density at radius 1 is 1.56 bits per heavy atom. The molecule has 0 amide bonds. The van der Waals surface area contributed by atoms with Gasteiger partial charge in [0, 0.05) is 17.5 Å². The fourth-order valence-electron chi connectivity index (χ4n) is 1.21. The highest BCUT2D eigenvalue weighted by Crippen LogP contribution is 2.16. The molecular weight excluding hydrogens is 292 g/mol. The summed E-state index contributed by atoms with van der Waals surface area (Å²) in [5.74, 6) is -0.537. The first kappa shape index (κ1) is 11.2. The predicted octanol–water partition coefficient (Wildman–Crippen LogP) is 2.59. The quantitative estimate of drug-likeness (QED) is 0.946. The van der Waals surface area contributed by atoms with E-state index in [0.717, 1.165) is 4.88 Å². The van der Waals surface area contributed by atoms with Crippen molar-refractivity contribution in [2.75, 3.05) is 0 Å². The first-order chi connectivity index (χ1) is 7.66. The molecule has 2 aromatic heterocycles. The maximum atomic E-state index is 10.9. The van der Waals surface area contributed by atoms with Crippen LogP contribution in [0.1, 0.15) is 21.2 Å². The van der Waals surface area contributed by atoms with Crippen molar-refractivity contribution >= 4 is 33.2 Å². The fraction of sp³-hybridized carbons (Fsp3) is 0.100. The van der Waals surface area contributed by atoms with Gasteiger partial charge < -0.3 is 5.11 Å². The van der Waals surface area contributed by atoms with Crippen LogP contribution in [0.15, 0.2) is 28.2 Å². The van der Waals surface area contributed by atoms with E-state index < -0.39 is 5.97 Å². The average molecular weight is 299 g/mol. The lowest BCUT2D eigenvalue weighted by Crippen LogP contribution is -2.06. The zero-order valence-electron chi connectivity index (χ0n) is 8.05. The third-order valence-electron chi connectivity index (χ3n) is 1.91. The Bertz CT molecular complexity index is 514. The zero-order valence-corrected chi connectivity index (χ0v) is 10.5. The molecule has 16 heavy (non-hydrogen) atoms. The molecule has 2 aromatic rings. The molecule has 2 rings (SSSR count). The number of hydrogen-bond acceptors (Lipinski definition) is 4. The van der Waals surface area contributed by atoms with E-state index in [2.05, 4.69) is 25.9 Å². The van der Waals surface area contributed by atoms with E-state index in [9.17, 15) is 4.79 Å². The van der Waals surface area contributed by atoms with E-state index in [4.69, 9.17) is 5.11 Å². The van der Waals surface area contributed by atoms with Crippen molar-refractivity contribution in [2.45, 2.75) is 6.42 Å².